The normalized spacial score (nSPS) is 10.6. The van der Waals surface area contributed by atoms with Gasteiger partial charge < -0.3 is 4.42 Å². The predicted octanol–water partition coefficient (Wildman–Crippen LogP) is 4.17. The van der Waals surface area contributed by atoms with Crippen molar-refractivity contribution in [2.75, 3.05) is 0 Å². The maximum Gasteiger partial charge on any atom is 0.103 e. The van der Waals surface area contributed by atoms with Gasteiger partial charge in [0.1, 0.15) is 5.76 Å². The molecule has 0 saturated heterocycles. The van der Waals surface area contributed by atoms with E-state index >= 15 is 0 Å². The van der Waals surface area contributed by atoms with Crippen LogP contribution in [0.25, 0.3) is 0 Å². The zero-order valence-electron chi connectivity index (χ0n) is 9.77. The molecule has 0 aromatic carbocycles. The number of rotatable bonds is 1. The van der Waals surface area contributed by atoms with E-state index in [2.05, 4.69) is 33.8 Å². The fourth-order valence-electron chi connectivity index (χ4n) is 0.959. The van der Waals surface area contributed by atoms with Gasteiger partial charge in [0.05, 0.1) is 6.26 Å². The minimum atomic E-state index is 0.219. The molecule has 0 aliphatic rings. The van der Waals surface area contributed by atoms with Crippen molar-refractivity contribution in [1.29, 1.82) is 0 Å². The molecule has 1 heterocycles. The van der Waals surface area contributed by atoms with Crippen LogP contribution in [0.2, 0.25) is 0 Å². The molecule has 0 amide bonds. The molecule has 0 aliphatic heterocycles. The van der Waals surface area contributed by atoms with Crippen LogP contribution in [-0.2, 0) is 11.8 Å². The Hall–Kier alpha value is -0.720. The average molecular weight is 182 g/mol. The molecule has 0 bridgehead atoms. The molecule has 0 spiro atoms. The van der Waals surface area contributed by atoms with Gasteiger partial charge in [-0.05, 0) is 17.0 Å². The van der Waals surface area contributed by atoms with Crippen molar-refractivity contribution in [2.24, 2.45) is 0 Å². The molecule has 0 radical (unpaired) electrons. The molecule has 0 saturated carbocycles. The molecular weight excluding hydrogens is 160 g/mol. The number of aryl methyl sites for hydroxylation is 1. The highest BCUT2D eigenvalue weighted by Crippen LogP contribution is 2.24. The van der Waals surface area contributed by atoms with Crippen molar-refractivity contribution in [3.8, 4) is 0 Å². The molecule has 76 valence electrons. The second kappa shape index (κ2) is 5.11. The van der Waals surface area contributed by atoms with E-state index in [-0.39, 0.29) is 5.41 Å². The van der Waals surface area contributed by atoms with E-state index in [9.17, 15) is 0 Å². The van der Waals surface area contributed by atoms with Gasteiger partial charge in [-0.3, -0.25) is 0 Å². The van der Waals surface area contributed by atoms with Gasteiger partial charge in [-0.1, -0.05) is 41.5 Å². The SMILES string of the molecule is CC.CCc1cc(C(C)(C)C)co1. The first-order chi connectivity index (χ1) is 6.04. The molecule has 1 aromatic heterocycles. The van der Waals surface area contributed by atoms with Crippen LogP contribution in [-0.4, -0.2) is 0 Å². The van der Waals surface area contributed by atoms with Gasteiger partial charge in [0, 0.05) is 6.42 Å². The van der Waals surface area contributed by atoms with E-state index in [0.717, 1.165) is 12.2 Å². The summed E-state index contributed by atoms with van der Waals surface area (Å²) in [6.07, 6.45) is 2.84. The summed E-state index contributed by atoms with van der Waals surface area (Å²) in [6.45, 7) is 12.7. The van der Waals surface area contributed by atoms with Crippen LogP contribution in [0.15, 0.2) is 16.7 Å². The molecule has 1 heteroatoms. The Balaban J connectivity index is 0.000000671. The van der Waals surface area contributed by atoms with Crippen LogP contribution >= 0.6 is 0 Å². The van der Waals surface area contributed by atoms with E-state index in [1.54, 1.807) is 0 Å². The van der Waals surface area contributed by atoms with E-state index in [4.69, 9.17) is 4.42 Å². The first-order valence-corrected chi connectivity index (χ1v) is 5.12. The summed E-state index contributed by atoms with van der Waals surface area (Å²) in [7, 11) is 0. The third-order valence-corrected chi connectivity index (χ3v) is 1.87. The van der Waals surface area contributed by atoms with E-state index in [1.807, 2.05) is 20.1 Å². The van der Waals surface area contributed by atoms with Crippen molar-refractivity contribution in [2.45, 2.75) is 53.4 Å². The monoisotopic (exact) mass is 182 g/mol. The van der Waals surface area contributed by atoms with Crippen molar-refractivity contribution >= 4 is 0 Å². The highest BCUT2D eigenvalue weighted by Gasteiger charge is 2.15. The summed E-state index contributed by atoms with van der Waals surface area (Å²) in [6, 6.07) is 2.14. The van der Waals surface area contributed by atoms with Crippen LogP contribution < -0.4 is 0 Å². The Kier molecular flexibility index (Phi) is 4.82. The van der Waals surface area contributed by atoms with Gasteiger partial charge in [0.15, 0.2) is 0 Å². The molecule has 13 heavy (non-hydrogen) atoms. The molecule has 1 rings (SSSR count). The van der Waals surface area contributed by atoms with Gasteiger partial charge in [-0.15, -0.1) is 0 Å². The standard InChI is InChI=1S/C10H16O.C2H6/c1-5-9-6-8(7-11-9)10(2,3)4;1-2/h6-7H,5H2,1-4H3;1-2H3. The highest BCUT2D eigenvalue weighted by atomic mass is 16.3. The van der Waals surface area contributed by atoms with Crippen LogP contribution in [0.1, 0.15) is 52.9 Å². The molecule has 1 nitrogen and oxygen atoms in total. The summed E-state index contributed by atoms with van der Waals surface area (Å²) in [5.41, 5.74) is 1.51. The van der Waals surface area contributed by atoms with Crippen molar-refractivity contribution in [1.82, 2.24) is 0 Å². The second-order valence-electron chi connectivity index (χ2n) is 3.91. The van der Waals surface area contributed by atoms with Gasteiger partial charge in [0.2, 0.25) is 0 Å². The van der Waals surface area contributed by atoms with E-state index in [0.29, 0.717) is 0 Å². The van der Waals surface area contributed by atoms with Crippen molar-refractivity contribution in [3.63, 3.8) is 0 Å². The Morgan fingerprint density at radius 3 is 2.00 bits per heavy atom. The topological polar surface area (TPSA) is 13.1 Å². The lowest BCUT2D eigenvalue weighted by Gasteiger charge is -2.14. The Bertz CT molecular complexity index is 228. The minimum absolute atomic E-state index is 0.219. The zero-order valence-corrected chi connectivity index (χ0v) is 9.77. The fourth-order valence-corrected chi connectivity index (χ4v) is 0.959. The van der Waals surface area contributed by atoms with Crippen molar-refractivity contribution in [3.05, 3.63) is 23.7 Å². The third kappa shape index (κ3) is 3.67. The highest BCUT2D eigenvalue weighted by molar-refractivity contribution is 5.20. The summed E-state index contributed by atoms with van der Waals surface area (Å²) in [5, 5.41) is 0. The van der Waals surface area contributed by atoms with Crippen LogP contribution in [0.4, 0.5) is 0 Å². The summed E-state index contributed by atoms with van der Waals surface area (Å²) < 4.78 is 5.34. The second-order valence-corrected chi connectivity index (χ2v) is 3.91. The summed E-state index contributed by atoms with van der Waals surface area (Å²) in [4.78, 5) is 0. The van der Waals surface area contributed by atoms with Gasteiger partial charge in [-0.25, -0.2) is 0 Å². The number of hydrogen-bond acceptors (Lipinski definition) is 1. The summed E-state index contributed by atoms with van der Waals surface area (Å²) in [5.74, 6) is 1.08. The fraction of sp³-hybridized carbons (Fsp3) is 0.667. The Labute approximate surface area is 82.2 Å². The lowest BCUT2D eigenvalue weighted by molar-refractivity contribution is 0.503. The van der Waals surface area contributed by atoms with Crippen LogP contribution in [0.5, 0.6) is 0 Å². The molecule has 1 aromatic rings. The smallest absolute Gasteiger partial charge is 0.103 e. The lowest BCUT2D eigenvalue weighted by atomic mass is 9.89. The van der Waals surface area contributed by atoms with Gasteiger partial charge in [0.25, 0.3) is 0 Å². The van der Waals surface area contributed by atoms with Crippen LogP contribution in [0, 0.1) is 0 Å². The zero-order chi connectivity index (χ0) is 10.5. The quantitative estimate of drug-likeness (QED) is 0.635. The molecule has 0 unspecified atom stereocenters. The molecule has 0 aliphatic carbocycles. The number of hydrogen-bond donors (Lipinski definition) is 0. The largest absolute Gasteiger partial charge is 0.469 e. The maximum absolute atomic E-state index is 5.34. The molecular formula is C12H22O. The van der Waals surface area contributed by atoms with E-state index in [1.165, 1.54) is 5.56 Å². The van der Waals surface area contributed by atoms with Crippen molar-refractivity contribution < 1.29 is 4.42 Å². The lowest BCUT2D eigenvalue weighted by Crippen LogP contribution is -2.08. The molecule has 0 atom stereocenters. The molecule has 0 fully saturated rings. The van der Waals surface area contributed by atoms with Crippen LogP contribution in [0.3, 0.4) is 0 Å². The predicted molar refractivity (Wildman–Crippen MR) is 58.1 cm³/mol. The molecule has 0 N–H and O–H groups in total. The first kappa shape index (κ1) is 12.3. The Morgan fingerprint density at radius 1 is 1.23 bits per heavy atom. The first-order valence-electron chi connectivity index (χ1n) is 5.12. The third-order valence-electron chi connectivity index (χ3n) is 1.87. The minimum Gasteiger partial charge on any atom is -0.469 e. The van der Waals surface area contributed by atoms with Gasteiger partial charge >= 0.3 is 0 Å². The van der Waals surface area contributed by atoms with Gasteiger partial charge in [-0.2, -0.15) is 0 Å². The average Bonchev–Trinajstić information content (AvgIpc) is 2.54. The summed E-state index contributed by atoms with van der Waals surface area (Å²) >= 11 is 0. The number of furan rings is 1. The van der Waals surface area contributed by atoms with E-state index < -0.39 is 0 Å². The maximum atomic E-state index is 5.34. The Morgan fingerprint density at radius 2 is 1.77 bits per heavy atom.